The molecule has 268 valence electrons. The van der Waals surface area contributed by atoms with E-state index in [0.29, 0.717) is 43.6 Å². The molecule has 0 saturated heterocycles. The van der Waals surface area contributed by atoms with Crippen molar-refractivity contribution in [2.24, 2.45) is 16.8 Å². The molecule has 0 fully saturated rings. The number of carbonyl (C=O) groups is 1. The number of hydrogen-bond acceptors (Lipinski definition) is 7. The maximum atomic E-state index is 14.2. The number of ether oxygens (including phenoxy) is 2. The van der Waals surface area contributed by atoms with Crippen LogP contribution in [0.4, 0.5) is 0 Å². The van der Waals surface area contributed by atoms with Gasteiger partial charge in [0.25, 0.3) is 0 Å². The van der Waals surface area contributed by atoms with E-state index in [1.165, 1.54) is 18.2 Å². The molecule has 0 amide bonds. The van der Waals surface area contributed by atoms with Crippen LogP contribution in [0.25, 0.3) is 10.8 Å². The first kappa shape index (κ1) is 36.3. The van der Waals surface area contributed by atoms with Gasteiger partial charge in [-0.25, -0.2) is 0 Å². The summed E-state index contributed by atoms with van der Waals surface area (Å²) in [5, 5.41) is 35.4. The largest absolute Gasteiger partial charge is 0.670 e. The summed E-state index contributed by atoms with van der Waals surface area (Å²) in [6.45, 7) is 3.86. The molecule has 4 aromatic carbocycles. The first-order valence-electron chi connectivity index (χ1n) is 17.8. The summed E-state index contributed by atoms with van der Waals surface area (Å²) in [5.74, 6) is 0.0234. The van der Waals surface area contributed by atoms with Crippen molar-refractivity contribution in [1.29, 1.82) is 0 Å². The van der Waals surface area contributed by atoms with Crippen molar-refractivity contribution in [3.63, 3.8) is 0 Å². The maximum Gasteiger partial charge on any atom is 0.176 e. The number of benzene rings is 4. The zero-order valence-electron chi connectivity index (χ0n) is 30.0. The quantitative estimate of drug-likeness (QED) is 0.0859. The second kappa shape index (κ2) is 16.7. The lowest BCUT2D eigenvalue weighted by atomic mass is 9.81. The van der Waals surface area contributed by atoms with Crippen LogP contribution in [0.15, 0.2) is 102 Å². The Morgan fingerprint density at radius 1 is 0.865 bits per heavy atom. The first-order valence-corrected chi connectivity index (χ1v) is 17.8. The Balaban J connectivity index is 1.32. The van der Waals surface area contributed by atoms with E-state index in [0.717, 1.165) is 45.0 Å². The van der Waals surface area contributed by atoms with Crippen LogP contribution in [0, 0.1) is 18.4 Å². The molecular formula is C44H46N2O6. The molecular weight excluding hydrogens is 652 g/mol. The molecule has 1 aromatic heterocycles. The number of carbonyl (C=O) groups excluding carboxylic acids is 1. The highest BCUT2D eigenvalue weighted by Crippen LogP contribution is 2.38. The van der Waals surface area contributed by atoms with Gasteiger partial charge < -0.3 is 29.8 Å². The van der Waals surface area contributed by atoms with Crippen LogP contribution in [0.5, 0.6) is 23.0 Å². The lowest BCUT2D eigenvalue weighted by Crippen LogP contribution is -2.31. The average Bonchev–Trinajstić information content (AvgIpc) is 3.88. The first-order chi connectivity index (χ1) is 25.3. The molecule has 3 unspecified atom stereocenters. The number of aliphatic imine (C=N–C) groups is 1. The molecule has 0 saturated carbocycles. The number of ketones is 1. The van der Waals surface area contributed by atoms with Crippen LogP contribution < -0.4 is 14.5 Å². The number of phenolic OH excluding ortho intramolecular Hbond substituents is 2. The minimum absolute atomic E-state index is 0.0335. The van der Waals surface area contributed by atoms with Crippen molar-refractivity contribution >= 4 is 22.8 Å². The fraction of sp³-hybridized carbons (Fsp3) is 0.295. The monoisotopic (exact) mass is 698 g/mol. The molecule has 0 spiro atoms. The van der Waals surface area contributed by atoms with Gasteiger partial charge in [0, 0.05) is 30.7 Å². The molecule has 0 bridgehead atoms. The van der Waals surface area contributed by atoms with Gasteiger partial charge in [-0.1, -0.05) is 67.1 Å². The van der Waals surface area contributed by atoms with Gasteiger partial charge in [0.15, 0.2) is 29.2 Å². The minimum atomic E-state index is -0.964. The van der Waals surface area contributed by atoms with Gasteiger partial charge in [-0.05, 0) is 82.8 Å². The van der Waals surface area contributed by atoms with E-state index in [-0.39, 0.29) is 29.6 Å². The van der Waals surface area contributed by atoms with Gasteiger partial charge >= 0.3 is 0 Å². The van der Waals surface area contributed by atoms with Crippen molar-refractivity contribution in [3.05, 3.63) is 137 Å². The number of fused-ring (bicyclic) bond motifs is 1. The van der Waals surface area contributed by atoms with Crippen LogP contribution in [0.3, 0.4) is 0 Å². The number of hydrogen-bond donors (Lipinski definition) is 3. The van der Waals surface area contributed by atoms with Gasteiger partial charge in [-0.2, -0.15) is 12.4 Å². The zero-order valence-corrected chi connectivity index (χ0v) is 30.0. The molecule has 3 atom stereocenters. The third kappa shape index (κ3) is 8.35. The minimum Gasteiger partial charge on any atom is -0.670 e. The van der Waals surface area contributed by atoms with E-state index in [2.05, 4.69) is 41.2 Å². The van der Waals surface area contributed by atoms with Crippen molar-refractivity contribution in [2.45, 2.75) is 58.0 Å². The topological polar surface area (TPSA) is 123 Å². The highest BCUT2D eigenvalue weighted by molar-refractivity contribution is 5.88. The van der Waals surface area contributed by atoms with Gasteiger partial charge in [-0.15, -0.1) is 4.99 Å². The van der Waals surface area contributed by atoms with E-state index in [4.69, 9.17) is 9.47 Å². The van der Waals surface area contributed by atoms with Gasteiger partial charge in [0.1, 0.15) is 17.9 Å². The van der Waals surface area contributed by atoms with Crippen molar-refractivity contribution in [2.75, 3.05) is 14.2 Å². The lowest BCUT2D eigenvalue weighted by Gasteiger charge is -2.26. The maximum absolute atomic E-state index is 14.2. The number of phenols is 2. The van der Waals surface area contributed by atoms with Crippen LogP contribution in [0.2, 0.25) is 0 Å². The second-order valence-electron chi connectivity index (χ2n) is 13.6. The second-order valence-corrected chi connectivity index (χ2v) is 13.6. The van der Waals surface area contributed by atoms with E-state index in [1.54, 1.807) is 56.5 Å². The molecule has 52 heavy (non-hydrogen) atoms. The van der Waals surface area contributed by atoms with Crippen molar-refractivity contribution < 1.29 is 29.6 Å². The van der Waals surface area contributed by atoms with Crippen LogP contribution in [-0.4, -0.2) is 47.6 Å². The number of aliphatic hydroxyl groups excluding tert-OH is 1. The Morgan fingerprint density at radius 2 is 1.67 bits per heavy atom. The molecule has 0 radical (unpaired) electrons. The Morgan fingerprint density at radius 3 is 2.40 bits per heavy atom. The van der Waals surface area contributed by atoms with Crippen LogP contribution >= 0.6 is 0 Å². The van der Waals surface area contributed by atoms with Crippen LogP contribution in [-0.2, 0) is 36.9 Å². The van der Waals surface area contributed by atoms with Gasteiger partial charge in [-0.3, -0.25) is 4.79 Å². The lowest BCUT2D eigenvalue weighted by molar-refractivity contribution is -0.125. The Labute approximate surface area is 305 Å². The average molecular weight is 699 g/mol. The fourth-order valence-electron chi connectivity index (χ4n) is 7.44. The molecule has 1 aliphatic rings. The highest BCUT2D eigenvalue weighted by atomic mass is 16.5. The number of aliphatic hydroxyl groups is 1. The Bertz CT molecular complexity index is 2070. The molecule has 3 N–H and O–H groups in total. The normalized spacial score (nSPS) is 14.1. The molecule has 8 heteroatoms. The number of aryl methyl sites for hydroxylation is 1. The molecule has 1 aliphatic heterocycles. The summed E-state index contributed by atoms with van der Waals surface area (Å²) >= 11 is 0. The number of aromatic hydroxyl groups is 2. The van der Waals surface area contributed by atoms with E-state index in [1.807, 2.05) is 30.3 Å². The number of rotatable bonds is 17. The van der Waals surface area contributed by atoms with Gasteiger partial charge in [0.2, 0.25) is 0 Å². The van der Waals surface area contributed by atoms with E-state index < -0.39 is 12.0 Å². The predicted molar refractivity (Wildman–Crippen MR) is 204 cm³/mol. The number of aromatic nitrogens is 1. The number of allylic oxidation sites excluding steroid dienone is 1. The Hall–Kier alpha value is -5.47. The molecule has 0 aliphatic carbocycles. The molecule has 8 nitrogen and oxygen atoms in total. The number of methoxy groups -OCH3 is 2. The SMILES string of the molecule is CCc1ccc2ccccc2c1Cc1c(CC(Cc2cc[n-]c2)C(O)CC(=O)C(CC2=C[CH+]N=C2)Cc2ccc(O)c(OC)c2)ccc(O)c1OC. The molecule has 6 rings (SSSR count). The number of nitrogens with zero attached hydrogens (tertiary/aromatic N) is 2. The standard InChI is InChI=1S/C44H46N2O6/c1-4-31-10-11-32-7-5-6-8-36(32)37(31)24-38-33(12-14-40(48)44(38)52-3)23-35(21-30-16-18-46-27-30)42(50)25-41(49)34(20-29-15-17-45-26-29)19-28-9-13-39(47)43(22-28)51-2/h5-18,22,26-27,34-35,42,47-48,50H,4,19-21,23-25H2,1-3H3. The summed E-state index contributed by atoms with van der Waals surface area (Å²) in [4.78, 5) is 22.6. The summed E-state index contributed by atoms with van der Waals surface area (Å²) in [5.41, 5.74) is 6.96. The number of Topliss-reactive ketones (excluding diaryl/α,β-unsaturated/α-hetero) is 1. The fourth-order valence-corrected chi connectivity index (χ4v) is 7.44. The van der Waals surface area contributed by atoms with Crippen LogP contribution in [0.1, 0.15) is 53.1 Å². The smallest absolute Gasteiger partial charge is 0.176 e. The Kier molecular flexibility index (Phi) is 11.7. The van der Waals surface area contributed by atoms with E-state index >= 15 is 0 Å². The predicted octanol–water partition coefficient (Wildman–Crippen LogP) is 7.52. The summed E-state index contributed by atoms with van der Waals surface area (Å²) in [6, 6.07) is 23.3. The zero-order chi connectivity index (χ0) is 36.6. The summed E-state index contributed by atoms with van der Waals surface area (Å²) < 4.78 is 11.2. The third-order valence-corrected chi connectivity index (χ3v) is 10.2. The highest BCUT2D eigenvalue weighted by Gasteiger charge is 2.31. The third-order valence-electron chi connectivity index (χ3n) is 10.2. The molecule has 2 heterocycles. The molecule has 5 aromatic rings. The summed E-state index contributed by atoms with van der Waals surface area (Å²) in [7, 11) is 3.06. The van der Waals surface area contributed by atoms with Crippen molar-refractivity contribution in [3.8, 4) is 23.0 Å². The summed E-state index contributed by atoms with van der Waals surface area (Å²) in [6.07, 6.45) is 9.42. The van der Waals surface area contributed by atoms with Crippen molar-refractivity contribution in [1.82, 2.24) is 4.98 Å². The van der Waals surface area contributed by atoms with Gasteiger partial charge in [0.05, 0.1) is 26.4 Å². The van der Waals surface area contributed by atoms with E-state index in [9.17, 15) is 20.1 Å².